The minimum Gasteiger partial charge on any atom is -1.00 e. The fourth-order valence-electron chi connectivity index (χ4n) is 1.52. The number of aryl methyl sites for hydroxylation is 1. The molecule has 90 valence electrons. The molecule has 0 amide bonds. The van der Waals surface area contributed by atoms with E-state index in [1.54, 1.807) is 12.1 Å². The molecule has 1 N–H and O–H groups in total. The Balaban J connectivity index is 0.00000144. The molecule has 0 radical (unpaired) electrons. The van der Waals surface area contributed by atoms with Crippen LogP contribution < -0.4 is 17.0 Å². The van der Waals surface area contributed by atoms with Crippen LogP contribution in [0, 0.1) is 0 Å². The number of rotatable bonds is 4. The van der Waals surface area contributed by atoms with E-state index in [4.69, 9.17) is 5.11 Å². The summed E-state index contributed by atoms with van der Waals surface area (Å²) in [4.78, 5) is 1.26. The molecule has 0 saturated heterocycles. The summed E-state index contributed by atoms with van der Waals surface area (Å²) in [6.45, 7) is 0. The highest BCUT2D eigenvalue weighted by Gasteiger charge is 2.03. The summed E-state index contributed by atoms with van der Waals surface area (Å²) in [5.41, 5.74) is 1.38. The van der Waals surface area contributed by atoms with Crippen molar-refractivity contribution >= 4 is 11.8 Å². The molecule has 0 unspecified atom stereocenters. The highest BCUT2D eigenvalue weighted by molar-refractivity contribution is 7.78. The van der Waals surface area contributed by atoms with E-state index in [1.165, 1.54) is 22.2 Å². The third-order valence-corrected chi connectivity index (χ3v) is 3.50. The zero-order valence-electron chi connectivity index (χ0n) is 9.38. The van der Waals surface area contributed by atoms with Crippen molar-refractivity contribution in [3.63, 3.8) is 0 Å². The minimum absolute atomic E-state index is 0. The highest BCUT2D eigenvalue weighted by Crippen LogP contribution is 2.11. The summed E-state index contributed by atoms with van der Waals surface area (Å²) in [6, 6.07) is 17.9. The molecule has 0 atom stereocenters. The Kier molecular flexibility index (Phi) is 6.16. The molecule has 0 aliphatic carbocycles. The first kappa shape index (κ1) is 14.1. The SMILES string of the molecule is Oc1ccc([SH+]CCc2ccccc2)cc1.[Br-]. The molecule has 0 heterocycles. The average molecular weight is 311 g/mol. The Morgan fingerprint density at radius 3 is 2.18 bits per heavy atom. The van der Waals surface area contributed by atoms with Gasteiger partial charge in [-0.1, -0.05) is 30.3 Å². The molecule has 2 rings (SSSR count). The summed E-state index contributed by atoms with van der Waals surface area (Å²) >= 11 is 1.31. The molecule has 0 saturated carbocycles. The van der Waals surface area contributed by atoms with E-state index in [0.717, 1.165) is 12.2 Å². The normalized spacial score (nSPS) is 9.65. The second-order valence-corrected chi connectivity index (χ2v) is 4.91. The monoisotopic (exact) mass is 310 g/mol. The van der Waals surface area contributed by atoms with Crippen molar-refractivity contribution in [1.82, 2.24) is 0 Å². The van der Waals surface area contributed by atoms with Crippen LogP contribution in [0.3, 0.4) is 0 Å². The fourth-order valence-corrected chi connectivity index (χ4v) is 2.50. The number of phenolic OH excluding ortho intramolecular Hbond substituents is 1. The molecule has 0 fully saturated rings. The number of halogens is 1. The standard InChI is InChI=1S/C14H14OS.BrH/c15-13-6-8-14(9-7-13)16-11-10-12-4-2-1-3-5-12;/h1-9,15H,10-11H2;1H. The van der Waals surface area contributed by atoms with Crippen molar-refractivity contribution in [3.05, 3.63) is 60.2 Å². The van der Waals surface area contributed by atoms with Gasteiger partial charge in [-0.3, -0.25) is 0 Å². The molecule has 17 heavy (non-hydrogen) atoms. The summed E-state index contributed by atoms with van der Waals surface area (Å²) < 4.78 is 0. The van der Waals surface area contributed by atoms with Gasteiger partial charge in [0.1, 0.15) is 11.5 Å². The zero-order chi connectivity index (χ0) is 11.2. The van der Waals surface area contributed by atoms with Crippen LogP contribution in [0.15, 0.2) is 59.5 Å². The van der Waals surface area contributed by atoms with Gasteiger partial charge in [-0.25, -0.2) is 0 Å². The van der Waals surface area contributed by atoms with Gasteiger partial charge >= 0.3 is 0 Å². The van der Waals surface area contributed by atoms with Gasteiger partial charge in [0, 0.05) is 18.2 Å². The summed E-state index contributed by atoms with van der Waals surface area (Å²) in [5, 5.41) is 9.16. The molecule has 3 heteroatoms. The lowest BCUT2D eigenvalue weighted by molar-refractivity contribution is -0.00000421. The fraction of sp³-hybridized carbons (Fsp3) is 0.143. The molecule has 0 bridgehead atoms. The molecule has 1 nitrogen and oxygen atoms in total. The van der Waals surface area contributed by atoms with Crippen molar-refractivity contribution in [2.24, 2.45) is 0 Å². The maximum atomic E-state index is 9.16. The Labute approximate surface area is 117 Å². The van der Waals surface area contributed by atoms with Gasteiger partial charge in [0.15, 0.2) is 4.90 Å². The van der Waals surface area contributed by atoms with E-state index in [9.17, 15) is 0 Å². The lowest BCUT2D eigenvalue weighted by atomic mass is 10.2. The number of thiol groups is 1. The molecular formula is C14H15BrOS. The lowest BCUT2D eigenvalue weighted by Crippen LogP contribution is -3.00. The van der Waals surface area contributed by atoms with Crippen LogP contribution in [-0.2, 0) is 18.2 Å². The van der Waals surface area contributed by atoms with Crippen LogP contribution in [0.2, 0.25) is 0 Å². The van der Waals surface area contributed by atoms with Gasteiger partial charge in [-0.05, 0) is 29.8 Å². The van der Waals surface area contributed by atoms with Crippen LogP contribution >= 0.6 is 0 Å². The predicted octanol–water partition coefficient (Wildman–Crippen LogP) is -0.187. The van der Waals surface area contributed by atoms with Gasteiger partial charge in [0.05, 0.1) is 0 Å². The predicted molar refractivity (Wildman–Crippen MR) is 70.1 cm³/mol. The van der Waals surface area contributed by atoms with Gasteiger partial charge in [0.25, 0.3) is 0 Å². The van der Waals surface area contributed by atoms with Gasteiger partial charge in [0.2, 0.25) is 0 Å². The molecule has 0 aromatic heterocycles. The maximum absolute atomic E-state index is 9.16. The molecule has 0 aliphatic rings. The first-order valence-electron chi connectivity index (χ1n) is 5.35. The van der Waals surface area contributed by atoms with E-state index in [0.29, 0.717) is 5.75 Å². The topological polar surface area (TPSA) is 20.2 Å². The summed E-state index contributed by atoms with van der Waals surface area (Å²) in [6.07, 6.45) is 1.10. The second-order valence-electron chi connectivity index (χ2n) is 3.63. The number of hydrogen-bond acceptors (Lipinski definition) is 1. The lowest BCUT2D eigenvalue weighted by Gasteiger charge is -1.96. The molecule has 2 aromatic carbocycles. The first-order valence-corrected chi connectivity index (χ1v) is 6.43. The smallest absolute Gasteiger partial charge is 0.152 e. The molecule has 2 aromatic rings. The van der Waals surface area contributed by atoms with Gasteiger partial charge in [-0.2, -0.15) is 0 Å². The van der Waals surface area contributed by atoms with Crippen molar-refractivity contribution in [1.29, 1.82) is 0 Å². The number of phenols is 1. The van der Waals surface area contributed by atoms with E-state index in [2.05, 4.69) is 24.3 Å². The van der Waals surface area contributed by atoms with Crippen LogP contribution in [0.1, 0.15) is 5.56 Å². The third kappa shape index (κ3) is 4.84. The van der Waals surface area contributed by atoms with E-state index >= 15 is 0 Å². The summed E-state index contributed by atoms with van der Waals surface area (Å²) in [7, 11) is 0. The summed E-state index contributed by atoms with van der Waals surface area (Å²) in [5.74, 6) is 1.46. The maximum Gasteiger partial charge on any atom is 0.152 e. The Hall–Kier alpha value is -0.930. The van der Waals surface area contributed by atoms with Crippen LogP contribution in [0.5, 0.6) is 5.75 Å². The minimum atomic E-state index is 0. The third-order valence-electron chi connectivity index (χ3n) is 2.39. The van der Waals surface area contributed by atoms with Crippen molar-refractivity contribution < 1.29 is 22.1 Å². The van der Waals surface area contributed by atoms with Crippen molar-refractivity contribution in [3.8, 4) is 5.75 Å². The zero-order valence-corrected chi connectivity index (χ0v) is 11.9. The molecule has 0 spiro atoms. The Morgan fingerprint density at radius 1 is 0.882 bits per heavy atom. The second kappa shape index (κ2) is 7.41. The number of benzene rings is 2. The number of hydrogen-bond donors (Lipinski definition) is 1. The largest absolute Gasteiger partial charge is 1.00 e. The highest BCUT2D eigenvalue weighted by atomic mass is 79.9. The van der Waals surface area contributed by atoms with Crippen molar-refractivity contribution in [2.45, 2.75) is 11.3 Å². The van der Waals surface area contributed by atoms with E-state index < -0.39 is 0 Å². The van der Waals surface area contributed by atoms with E-state index in [-0.39, 0.29) is 17.0 Å². The van der Waals surface area contributed by atoms with Gasteiger partial charge < -0.3 is 22.1 Å². The Bertz CT molecular complexity index is 428. The van der Waals surface area contributed by atoms with E-state index in [1.807, 2.05) is 18.2 Å². The Morgan fingerprint density at radius 2 is 1.53 bits per heavy atom. The molecular weight excluding hydrogens is 296 g/mol. The number of aromatic hydroxyl groups is 1. The van der Waals surface area contributed by atoms with Crippen molar-refractivity contribution in [2.75, 3.05) is 5.75 Å². The van der Waals surface area contributed by atoms with Crippen LogP contribution in [0.25, 0.3) is 0 Å². The average Bonchev–Trinajstić information content (AvgIpc) is 2.33. The van der Waals surface area contributed by atoms with Crippen LogP contribution in [0.4, 0.5) is 0 Å². The van der Waals surface area contributed by atoms with Crippen LogP contribution in [-0.4, -0.2) is 10.9 Å². The quantitative estimate of drug-likeness (QED) is 0.613. The first-order chi connectivity index (χ1) is 7.84. The van der Waals surface area contributed by atoms with Gasteiger partial charge in [-0.15, -0.1) is 0 Å². The molecule has 0 aliphatic heterocycles.